The van der Waals surface area contributed by atoms with E-state index >= 15 is 0 Å². The Kier molecular flexibility index (Phi) is 9.01. The summed E-state index contributed by atoms with van der Waals surface area (Å²) in [6, 6.07) is 20.2. The van der Waals surface area contributed by atoms with E-state index in [9.17, 15) is 10.2 Å². The second-order valence-electron chi connectivity index (χ2n) is 5.09. The molecule has 2 aromatic carbocycles. The summed E-state index contributed by atoms with van der Waals surface area (Å²) in [6.45, 7) is 0. The molecule has 0 aliphatic rings. The fourth-order valence-corrected chi connectivity index (χ4v) is 4.77. The molecule has 0 amide bonds. The van der Waals surface area contributed by atoms with E-state index in [1.807, 2.05) is 36.4 Å². The van der Waals surface area contributed by atoms with E-state index in [0.29, 0.717) is 23.0 Å². The Balaban J connectivity index is 1.55. The average molecular weight is 367 g/mol. The summed E-state index contributed by atoms with van der Waals surface area (Å²) >= 11 is 4.94. The zero-order valence-corrected chi connectivity index (χ0v) is 15.3. The molecule has 2 atom stereocenters. The van der Waals surface area contributed by atoms with Crippen LogP contribution in [-0.4, -0.2) is 45.4 Å². The maximum Gasteiger partial charge on any atom is 0.0724 e. The lowest BCUT2D eigenvalue weighted by Crippen LogP contribution is -2.18. The SMILES string of the molecule is OC(CSCC(O)CSc1ccccc1)CSc1ccccc1. The van der Waals surface area contributed by atoms with Gasteiger partial charge in [-0.1, -0.05) is 36.4 Å². The van der Waals surface area contributed by atoms with Crippen molar-refractivity contribution in [3.05, 3.63) is 60.7 Å². The van der Waals surface area contributed by atoms with Gasteiger partial charge in [0.05, 0.1) is 12.2 Å². The molecule has 0 heterocycles. The van der Waals surface area contributed by atoms with Crippen LogP contribution in [0.25, 0.3) is 0 Å². The summed E-state index contributed by atoms with van der Waals surface area (Å²) in [6.07, 6.45) is -0.696. The van der Waals surface area contributed by atoms with Crippen LogP contribution in [0.5, 0.6) is 0 Å². The molecule has 2 rings (SSSR count). The summed E-state index contributed by atoms with van der Waals surface area (Å²) in [5, 5.41) is 20.0. The molecular formula is C18H22O2S3. The lowest BCUT2D eigenvalue weighted by molar-refractivity contribution is 0.220. The van der Waals surface area contributed by atoms with Crippen molar-refractivity contribution in [2.45, 2.75) is 22.0 Å². The molecule has 23 heavy (non-hydrogen) atoms. The largest absolute Gasteiger partial charge is 0.391 e. The molecule has 0 aromatic heterocycles. The molecule has 0 saturated heterocycles. The molecule has 0 aliphatic carbocycles. The molecule has 2 unspecified atom stereocenters. The first-order chi connectivity index (χ1) is 11.2. The highest BCUT2D eigenvalue weighted by Crippen LogP contribution is 2.21. The highest BCUT2D eigenvalue weighted by molar-refractivity contribution is 8.00. The Hall–Kier alpha value is -0.590. The summed E-state index contributed by atoms with van der Waals surface area (Å²) in [7, 11) is 0. The van der Waals surface area contributed by atoms with Gasteiger partial charge in [-0.25, -0.2) is 0 Å². The fourth-order valence-electron chi connectivity index (χ4n) is 1.85. The fraction of sp³-hybridized carbons (Fsp3) is 0.333. The van der Waals surface area contributed by atoms with Crippen LogP contribution in [0, 0.1) is 0 Å². The van der Waals surface area contributed by atoms with Gasteiger partial charge in [-0.3, -0.25) is 0 Å². The molecule has 2 N–H and O–H groups in total. The number of aliphatic hydroxyl groups excluding tert-OH is 2. The van der Waals surface area contributed by atoms with Gasteiger partial charge in [0.1, 0.15) is 0 Å². The number of hydrogen-bond donors (Lipinski definition) is 2. The van der Waals surface area contributed by atoms with Crippen molar-refractivity contribution in [1.29, 1.82) is 0 Å². The minimum Gasteiger partial charge on any atom is -0.391 e. The van der Waals surface area contributed by atoms with Gasteiger partial charge >= 0.3 is 0 Å². The minimum atomic E-state index is -0.348. The van der Waals surface area contributed by atoms with E-state index < -0.39 is 0 Å². The monoisotopic (exact) mass is 366 g/mol. The van der Waals surface area contributed by atoms with Gasteiger partial charge in [-0.15, -0.1) is 23.5 Å². The Morgan fingerprint density at radius 1 is 0.609 bits per heavy atom. The first-order valence-electron chi connectivity index (χ1n) is 7.53. The van der Waals surface area contributed by atoms with Gasteiger partial charge in [0.25, 0.3) is 0 Å². The highest BCUT2D eigenvalue weighted by atomic mass is 32.2. The third-order valence-electron chi connectivity index (χ3n) is 2.99. The average Bonchev–Trinajstić information content (AvgIpc) is 2.60. The van der Waals surface area contributed by atoms with Crippen LogP contribution < -0.4 is 0 Å². The zero-order chi connectivity index (χ0) is 16.3. The molecule has 5 heteroatoms. The number of rotatable bonds is 10. The lowest BCUT2D eigenvalue weighted by atomic mass is 10.4. The van der Waals surface area contributed by atoms with Crippen LogP contribution in [0.3, 0.4) is 0 Å². The van der Waals surface area contributed by atoms with E-state index in [2.05, 4.69) is 24.3 Å². The van der Waals surface area contributed by atoms with E-state index in [0.717, 1.165) is 0 Å². The van der Waals surface area contributed by atoms with E-state index in [1.165, 1.54) is 9.79 Å². The highest BCUT2D eigenvalue weighted by Gasteiger charge is 2.09. The van der Waals surface area contributed by atoms with Crippen molar-refractivity contribution in [2.24, 2.45) is 0 Å². The normalized spacial score (nSPS) is 13.7. The van der Waals surface area contributed by atoms with Gasteiger partial charge in [0, 0.05) is 32.8 Å². The Bertz CT molecular complexity index is 487. The number of benzene rings is 2. The van der Waals surface area contributed by atoms with Crippen molar-refractivity contribution >= 4 is 35.3 Å². The molecule has 124 valence electrons. The van der Waals surface area contributed by atoms with Crippen LogP contribution in [0.2, 0.25) is 0 Å². The molecule has 0 saturated carbocycles. The van der Waals surface area contributed by atoms with Gasteiger partial charge in [0.15, 0.2) is 0 Å². The molecule has 0 bridgehead atoms. The number of aliphatic hydroxyl groups is 2. The topological polar surface area (TPSA) is 40.5 Å². The molecule has 0 fully saturated rings. The zero-order valence-electron chi connectivity index (χ0n) is 12.9. The quantitative estimate of drug-likeness (QED) is 0.622. The van der Waals surface area contributed by atoms with Gasteiger partial charge in [-0.2, -0.15) is 11.8 Å². The van der Waals surface area contributed by atoms with Crippen molar-refractivity contribution in [2.75, 3.05) is 23.0 Å². The number of hydrogen-bond acceptors (Lipinski definition) is 5. The predicted molar refractivity (Wildman–Crippen MR) is 104 cm³/mol. The van der Waals surface area contributed by atoms with Gasteiger partial charge in [-0.05, 0) is 24.3 Å². The summed E-state index contributed by atoms with van der Waals surface area (Å²) in [5.41, 5.74) is 0. The molecule has 2 nitrogen and oxygen atoms in total. The maximum atomic E-state index is 10.0. The van der Waals surface area contributed by atoms with E-state index in [1.54, 1.807) is 35.3 Å². The third-order valence-corrected chi connectivity index (χ3v) is 6.55. The van der Waals surface area contributed by atoms with Crippen molar-refractivity contribution in [1.82, 2.24) is 0 Å². The lowest BCUT2D eigenvalue weighted by Gasteiger charge is -2.13. The predicted octanol–water partition coefficient (Wildman–Crippen LogP) is 4.03. The first-order valence-corrected chi connectivity index (χ1v) is 10.7. The Labute approximate surface area is 151 Å². The molecule has 0 radical (unpaired) electrons. The van der Waals surface area contributed by atoms with Crippen LogP contribution in [0.4, 0.5) is 0 Å². The Morgan fingerprint density at radius 3 is 1.39 bits per heavy atom. The first kappa shape index (κ1) is 18.7. The van der Waals surface area contributed by atoms with Crippen LogP contribution in [0.15, 0.2) is 70.5 Å². The number of thioether (sulfide) groups is 3. The smallest absolute Gasteiger partial charge is 0.0724 e. The summed E-state index contributed by atoms with van der Waals surface area (Å²) < 4.78 is 0. The Morgan fingerprint density at radius 2 is 1.00 bits per heavy atom. The van der Waals surface area contributed by atoms with Crippen molar-refractivity contribution < 1.29 is 10.2 Å². The van der Waals surface area contributed by atoms with Crippen LogP contribution in [0.1, 0.15) is 0 Å². The molecule has 2 aromatic rings. The summed E-state index contributed by atoms with van der Waals surface area (Å²) in [4.78, 5) is 2.35. The summed E-state index contributed by atoms with van der Waals surface area (Å²) in [5.74, 6) is 2.69. The van der Waals surface area contributed by atoms with Crippen molar-refractivity contribution in [3.63, 3.8) is 0 Å². The van der Waals surface area contributed by atoms with Gasteiger partial charge in [0.2, 0.25) is 0 Å². The van der Waals surface area contributed by atoms with Crippen molar-refractivity contribution in [3.8, 4) is 0 Å². The third kappa shape index (κ3) is 8.18. The van der Waals surface area contributed by atoms with E-state index in [4.69, 9.17) is 0 Å². The standard InChI is InChI=1S/C18H22O2S3/c19-15(13-22-17-7-3-1-4-8-17)11-21-12-16(20)14-23-18-9-5-2-6-10-18/h1-10,15-16,19-20H,11-14H2. The second kappa shape index (κ2) is 11.0. The van der Waals surface area contributed by atoms with Gasteiger partial charge < -0.3 is 10.2 Å². The molecule has 0 spiro atoms. The minimum absolute atomic E-state index is 0.348. The van der Waals surface area contributed by atoms with E-state index in [-0.39, 0.29) is 12.2 Å². The second-order valence-corrected chi connectivity index (χ2v) is 8.35. The van der Waals surface area contributed by atoms with Crippen LogP contribution in [-0.2, 0) is 0 Å². The molecule has 0 aliphatic heterocycles. The maximum absolute atomic E-state index is 10.0. The molecular weight excluding hydrogens is 344 g/mol. The van der Waals surface area contributed by atoms with Crippen LogP contribution >= 0.6 is 35.3 Å².